The molecule has 0 saturated carbocycles. The van der Waals surface area contributed by atoms with Crippen molar-refractivity contribution in [1.29, 1.82) is 0 Å². The van der Waals surface area contributed by atoms with Crippen LogP contribution in [-0.4, -0.2) is 12.5 Å². The SMILES string of the molecule is CCc1cc(Br)ccc1NC(=O)C(CC)CN. The number of hydrogen-bond donors (Lipinski definition) is 2. The summed E-state index contributed by atoms with van der Waals surface area (Å²) in [5.41, 5.74) is 7.57. The summed E-state index contributed by atoms with van der Waals surface area (Å²) >= 11 is 3.43. The molecule has 0 heterocycles. The van der Waals surface area contributed by atoms with Crippen molar-refractivity contribution in [3.8, 4) is 0 Å². The van der Waals surface area contributed by atoms with E-state index in [2.05, 4.69) is 28.2 Å². The third-order valence-electron chi connectivity index (χ3n) is 2.85. The van der Waals surface area contributed by atoms with Gasteiger partial charge in [-0.25, -0.2) is 0 Å². The molecule has 0 fully saturated rings. The van der Waals surface area contributed by atoms with Crippen LogP contribution in [0.2, 0.25) is 0 Å². The highest BCUT2D eigenvalue weighted by Gasteiger charge is 2.15. The second kappa shape index (κ2) is 6.77. The number of nitrogens with one attached hydrogen (secondary N) is 1. The third-order valence-corrected chi connectivity index (χ3v) is 3.35. The Balaban J connectivity index is 2.84. The summed E-state index contributed by atoms with van der Waals surface area (Å²) < 4.78 is 1.03. The molecule has 0 aliphatic rings. The van der Waals surface area contributed by atoms with E-state index >= 15 is 0 Å². The normalized spacial score (nSPS) is 12.2. The van der Waals surface area contributed by atoms with Gasteiger partial charge >= 0.3 is 0 Å². The Labute approximate surface area is 111 Å². The number of carbonyl (C=O) groups is 1. The zero-order chi connectivity index (χ0) is 12.8. The molecule has 94 valence electrons. The van der Waals surface area contributed by atoms with E-state index in [1.54, 1.807) is 0 Å². The van der Waals surface area contributed by atoms with Crippen LogP contribution in [0.25, 0.3) is 0 Å². The highest BCUT2D eigenvalue weighted by atomic mass is 79.9. The van der Waals surface area contributed by atoms with Gasteiger partial charge in [-0.2, -0.15) is 0 Å². The van der Waals surface area contributed by atoms with Crippen molar-refractivity contribution in [2.24, 2.45) is 11.7 Å². The van der Waals surface area contributed by atoms with Crippen LogP contribution in [0.3, 0.4) is 0 Å². The molecule has 0 radical (unpaired) electrons. The first-order chi connectivity index (χ1) is 8.12. The van der Waals surface area contributed by atoms with E-state index in [0.29, 0.717) is 6.54 Å². The van der Waals surface area contributed by atoms with Crippen LogP contribution < -0.4 is 11.1 Å². The Morgan fingerprint density at radius 1 is 1.47 bits per heavy atom. The first-order valence-electron chi connectivity index (χ1n) is 5.91. The Kier molecular flexibility index (Phi) is 5.65. The second-order valence-electron chi connectivity index (χ2n) is 3.99. The summed E-state index contributed by atoms with van der Waals surface area (Å²) in [6.45, 7) is 4.43. The standard InChI is InChI=1S/C13H19BrN2O/c1-3-9-7-11(14)5-6-12(9)16-13(17)10(4-2)8-15/h5-7,10H,3-4,8,15H2,1-2H3,(H,16,17). The molecule has 1 aromatic carbocycles. The number of anilines is 1. The minimum absolute atomic E-state index is 0.00650. The average molecular weight is 299 g/mol. The van der Waals surface area contributed by atoms with Gasteiger partial charge in [0.2, 0.25) is 5.91 Å². The predicted octanol–water partition coefficient (Wildman–Crippen LogP) is 2.93. The molecule has 1 aromatic rings. The van der Waals surface area contributed by atoms with Crippen molar-refractivity contribution in [1.82, 2.24) is 0 Å². The Hall–Kier alpha value is -0.870. The van der Waals surface area contributed by atoms with Crippen LogP contribution in [0.15, 0.2) is 22.7 Å². The van der Waals surface area contributed by atoms with Crippen LogP contribution >= 0.6 is 15.9 Å². The minimum atomic E-state index is -0.108. The molecule has 1 amide bonds. The Morgan fingerprint density at radius 3 is 2.71 bits per heavy atom. The summed E-state index contributed by atoms with van der Waals surface area (Å²) in [7, 11) is 0. The van der Waals surface area contributed by atoms with Crippen molar-refractivity contribution >= 4 is 27.5 Å². The summed E-state index contributed by atoms with van der Waals surface area (Å²) in [6, 6.07) is 5.88. The van der Waals surface area contributed by atoms with Gasteiger partial charge in [-0.05, 0) is 36.6 Å². The Morgan fingerprint density at radius 2 is 2.18 bits per heavy atom. The largest absolute Gasteiger partial charge is 0.330 e. The van der Waals surface area contributed by atoms with Crippen LogP contribution in [0.4, 0.5) is 5.69 Å². The van der Waals surface area contributed by atoms with Gasteiger partial charge in [0.15, 0.2) is 0 Å². The lowest BCUT2D eigenvalue weighted by Crippen LogP contribution is -2.29. The molecule has 17 heavy (non-hydrogen) atoms. The van der Waals surface area contributed by atoms with Crippen molar-refractivity contribution < 1.29 is 4.79 Å². The van der Waals surface area contributed by atoms with E-state index in [1.807, 2.05) is 25.1 Å². The molecule has 0 aliphatic heterocycles. The number of halogens is 1. The van der Waals surface area contributed by atoms with Gasteiger partial charge in [-0.15, -0.1) is 0 Å². The average Bonchev–Trinajstić information content (AvgIpc) is 2.33. The van der Waals surface area contributed by atoms with E-state index in [0.717, 1.165) is 28.6 Å². The number of hydrogen-bond acceptors (Lipinski definition) is 2. The number of amides is 1. The molecule has 0 spiro atoms. The van der Waals surface area contributed by atoms with Crippen molar-refractivity contribution in [2.75, 3.05) is 11.9 Å². The fourth-order valence-corrected chi connectivity index (χ4v) is 2.08. The van der Waals surface area contributed by atoms with E-state index < -0.39 is 0 Å². The zero-order valence-corrected chi connectivity index (χ0v) is 11.9. The zero-order valence-electron chi connectivity index (χ0n) is 10.3. The molecule has 4 heteroatoms. The van der Waals surface area contributed by atoms with Gasteiger partial charge in [0.25, 0.3) is 0 Å². The smallest absolute Gasteiger partial charge is 0.228 e. The number of rotatable bonds is 5. The molecule has 1 rings (SSSR count). The highest BCUT2D eigenvalue weighted by Crippen LogP contribution is 2.22. The molecule has 0 saturated heterocycles. The molecular weight excluding hydrogens is 280 g/mol. The van der Waals surface area contributed by atoms with Crippen LogP contribution in [0.5, 0.6) is 0 Å². The van der Waals surface area contributed by atoms with Gasteiger partial charge < -0.3 is 11.1 Å². The first kappa shape index (κ1) is 14.2. The maximum atomic E-state index is 11.9. The molecule has 1 unspecified atom stereocenters. The summed E-state index contributed by atoms with van der Waals surface area (Å²) in [5, 5.41) is 2.95. The van der Waals surface area contributed by atoms with E-state index in [-0.39, 0.29) is 11.8 Å². The van der Waals surface area contributed by atoms with Crippen molar-refractivity contribution in [3.05, 3.63) is 28.2 Å². The summed E-state index contributed by atoms with van der Waals surface area (Å²) in [6.07, 6.45) is 1.65. The summed E-state index contributed by atoms with van der Waals surface area (Å²) in [4.78, 5) is 11.9. The monoisotopic (exact) mass is 298 g/mol. The number of carbonyl (C=O) groups excluding carboxylic acids is 1. The lowest BCUT2D eigenvalue weighted by Gasteiger charge is -2.15. The molecule has 3 N–H and O–H groups in total. The third kappa shape index (κ3) is 3.82. The van der Waals surface area contributed by atoms with Gasteiger partial charge in [0, 0.05) is 16.7 Å². The minimum Gasteiger partial charge on any atom is -0.330 e. The highest BCUT2D eigenvalue weighted by molar-refractivity contribution is 9.10. The fourth-order valence-electron chi connectivity index (χ4n) is 1.67. The van der Waals surface area contributed by atoms with Crippen molar-refractivity contribution in [2.45, 2.75) is 26.7 Å². The maximum Gasteiger partial charge on any atom is 0.228 e. The summed E-state index contributed by atoms with van der Waals surface area (Å²) in [5.74, 6) is -0.102. The van der Waals surface area contributed by atoms with E-state index in [1.165, 1.54) is 0 Å². The van der Waals surface area contributed by atoms with Gasteiger partial charge in [-0.1, -0.05) is 29.8 Å². The van der Waals surface area contributed by atoms with E-state index in [4.69, 9.17) is 5.73 Å². The topological polar surface area (TPSA) is 55.1 Å². The van der Waals surface area contributed by atoms with E-state index in [9.17, 15) is 4.79 Å². The number of nitrogens with two attached hydrogens (primary N) is 1. The van der Waals surface area contributed by atoms with Gasteiger partial charge in [0.05, 0.1) is 5.92 Å². The lowest BCUT2D eigenvalue weighted by atomic mass is 10.1. The Bertz CT molecular complexity index is 389. The van der Waals surface area contributed by atoms with Gasteiger partial charge in [0.1, 0.15) is 0 Å². The molecule has 0 aliphatic carbocycles. The van der Waals surface area contributed by atoms with Gasteiger partial charge in [-0.3, -0.25) is 4.79 Å². The first-order valence-corrected chi connectivity index (χ1v) is 6.71. The molecular formula is C13H19BrN2O. The lowest BCUT2D eigenvalue weighted by molar-refractivity contribution is -0.119. The molecule has 1 atom stereocenters. The maximum absolute atomic E-state index is 11.9. The number of benzene rings is 1. The molecule has 3 nitrogen and oxygen atoms in total. The molecule has 0 bridgehead atoms. The number of aryl methyl sites for hydroxylation is 1. The quantitative estimate of drug-likeness (QED) is 0.878. The van der Waals surface area contributed by atoms with Crippen LogP contribution in [0, 0.1) is 5.92 Å². The molecule has 0 aromatic heterocycles. The van der Waals surface area contributed by atoms with Crippen molar-refractivity contribution in [3.63, 3.8) is 0 Å². The van der Waals surface area contributed by atoms with Crippen LogP contribution in [0.1, 0.15) is 25.8 Å². The second-order valence-corrected chi connectivity index (χ2v) is 4.90. The predicted molar refractivity (Wildman–Crippen MR) is 75.0 cm³/mol. The van der Waals surface area contributed by atoms with Crippen LogP contribution in [-0.2, 0) is 11.2 Å². The fraction of sp³-hybridized carbons (Fsp3) is 0.462.